The summed E-state index contributed by atoms with van der Waals surface area (Å²) in [5.74, 6) is -1.37. The minimum Gasteiger partial charge on any atom is -0.476 e. The fourth-order valence-electron chi connectivity index (χ4n) is 1.25. The Kier molecular flexibility index (Phi) is 4.41. The maximum atomic E-state index is 11.5. The quantitative estimate of drug-likeness (QED) is 0.798. The highest BCUT2D eigenvalue weighted by Crippen LogP contribution is 2.16. The number of nitrogens with zero attached hydrogens (tertiary/aromatic N) is 3. The lowest BCUT2D eigenvalue weighted by molar-refractivity contribution is -0.121. The van der Waals surface area contributed by atoms with E-state index in [1.807, 2.05) is 0 Å². The Morgan fingerprint density at radius 2 is 2.11 bits per heavy atom. The number of nitrogens with one attached hydrogen (secondary N) is 1. The molecule has 100 valence electrons. The molecule has 1 aromatic heterocycles. The van der Waals surface area contributed by atoms with Crippen LogP contribution in [0, 0.1) is 5.41 Å². The van der Waals surface area contributed by atoms with Crippen molar-refractivity contribution in [2.45, 2.75) is 33.7 Å². The van der Waals surface area contributed by atoms with E-state index >= 15 is 0 Å². The molecule has 0 bridgehead atoms. The summed E-state index contributed by atoms with van der Waals surface area (Å²) >= 11 is 0. The Morgan fingerprint density at radius 3 is 2.61 bits per heavy atom. The van der Waals surface area contributed by atoms with Gasteiger partial charge in [0.1, 0.15) is 6.54 Å². The first-order valence-electron chi connectivity index (χ1n) is 5.68. The molecule has 2 N–H and O–H groups in total. The molecular weight excluding hydrogens is 236 g/mol. The zero-order chi connectivity index (χ0) is 13.8. The number of hydrogen-bond donors (Lipinski definition) is 2. The van der Waals surface area contributed by atoms with E-state index in [1.54, 1.807) is 0 Å². The number of aromatic carboxylic acids is 1. The minimum atomic E-state index is -1.16. The highest BCUT2D eigenvalue weighted by molar-refractivity contribution is 5.84. The predicted octanol–water partition coefficient (Wildman–Crippen LogP) is 0.529. The van der Waals surface area contributed by atoms with Gasteiger partial charge in [-0.05, 0) is 11.8 Å². The molecule has 1 aromatic rings. The van der Waals surface area contributed by atoms with E-state index in [9.17, 15) is 9.59 Å². The molecule has 0 saturated heterocycles. The lowest BCUT2D eigenvalue weighted by atomic mass is 9.92. The van der Waals surface area contributed by atoms with Crippen LogP contribution in [0.5, 0.6) is 0 Å². The highest BCUT2D eigenvalue weighted by Gasteiger charge is 2.12. The van der Waals surface area contributed by atoms with Crippen molar-refractivity contribution in [3.05, 3.63) is 11.9 Å². The largest absolute Gasteiger partial charge is 0.476 e. The number of rotatable bonds is 5. The van der Waals surface area contributed by atoms with Crippen molar-refractivity contribution in [3.63, 3.8) is 0 Å². The van der Waals surface area contributed by atoms with Gasteiger partial charge in [-0.3, -0.25) is 4.79 Å². The summed E-state index contributed by atoms with van der Waals surface area (Å²) in [7, 11) is 0. The second kappa shape index (κ2) is 5.61. The number of hydrogen-bond acceptors (Lipinski definition) is 4. The topological polar surface area (TPSA) is 97.1 Å². The Balaban J connectivity index is 2.38. The van der Waals surface area contributed by atoms with Crippen LogP contribution in [0.15, 0.2) is 6.20 Å². The van der Waals surface area contributed by atoms with Gasteiger partial charge >= 0.3 is 5.97 Å². The molecule has 0 atom stereocenters. The van der Waals surface area contributed by atoms with Gasteiger partial charge in [-0.2, -0.15) is 0 Å². The van der Waals surface area contributed by atoms with Crippen LogP contribution in [0.1, 0.15) is 37.7 Å². The monoisotopic (exact) mass is 254 g/mol. The third kappa shape index (κ3) is 4.94. The molecule has 0 aliphatic heterocycles. The molecular formula is C11H18N4O3. The first-order valence-corrected chi connectivity index (χ1v) is 5.68. The van der Waals surface area contributed by atoms with Gasteiger partial charge in [0.2, 0.25) is 5.91 Å². The second-order valence-electron chi connectivity index (χ2n) is 5.27. The summed E-state index contributed by atoms with van der Waals surface area (Å²) in [4.78, 5) is 22.1. The first-order chi connectivity index (χ1) is 8.28. The van der Waals surface area contributed by atoms with Gasteiger partial charge in [-0.1, -0.05) is 26.0 Å². The molecule has 0 aliphatic rings. The Labute approximate surface area is 105 Å². The van der Waals surface area contributed by atoms with Gasteiger partial charge in [-0.15, -0.1) is 5.10 Å². The third-order valence-corrected chi connectivity index (χ3v) is 2.26. The number of carbonyl (C=O) groups is 2. The van der Waals surface area contributed by atoms with Gasteiger partial charge in [0.15, 0.2) is 5.69 Å². The molecule has 1 rings (SSSR count). The van der Waals surface area contributed by atoms with Crippen LogP contribution < -0.4 is 5.32 Å². The molecule has 0 spiro atoms. The number of amides is 1. The second-order valence-corrected chi connectivity index (χ2v) is 5.27. The van der Waals surface area contributed by atoms with E-state index in [-0.39, 0.29) is 23.6 Å². The van der Waals surface area contributed by atoms with E-state index in [0.717, 1.165) is 6.42 Å². The first kappa shape index (κ1) is 14.1. The molecule has 7 nitrogen and oxygen atoms in total. The fourth-order valence-corrected chi connectivity index (χ4v) is 1.25. The van der Waals surface area contributed by atoms with E-state index in [2.05, 4.69) is 36.4 Å². The molecule has 1 amide bonds. The zero-order valence-corrected chi connectivity index (χ0v) is 10.8. The minimum absolute atomic E-state index is 0.0234. The maximum absolute atomic E-state index is 11.5. The molecule has 0 radical (unpaired) electrons. The molecule has 7 heteroatoms. The zero-order valence-electron chi connectivity index (χ0n) is 10.8. The van der Waals surface area contributed by atoms with E-state index in [1.165, 1.54) is 10.9 Å². The summed E-state index contributed by atoms with van der Waals surface area (Å²) in [6.45, 7) is 6.84. The molecule has 0 saturated carbocycles. The Morgan fingerprint density at radius 1 is 1.44 bits per heavy atom. The highest BCUT2D eigenvalue weighted by atomic mass is 16.4. The lowest BCUT2D eigenvalue weighted by Gasteiger charge is -2.17. The smallest absolute Gasteiger partial charge is 0.358 e. The van der Waals surface area contributed by atoms with Crippen LogP contribution in [0.2, 0.25) is 0 Å². The van der Waals surface area contributed by atoms with Crippen LogP contribution in [-0.2, 0) is 11.3 Å². The van der Waals surface area contributed by atoms with E-state index in [0.29, 0.717) is 6.54 Å². The number of aromatic nitrogens is 3. The average molecular weight is 254 g/mol. The van der Waals surface area contributed by atoms with Crippen molar-refractivity contribution in [3.8, 4) is 0 Å². The van der Waals surface area contributed by atoms with Crippen LogP contribution in [-0.4, -0.2) is 38.5 Å². The van der Waals surface area contributed by atoms with Crippen molar-refractivity contribution in [1.82, 2.24) is 20.3 Å². The summed E-state index contributed by atoms with van der Waals surface area (Å²) in [5.41, 5.74) is -0.00529. The van der Waals surface area contributed by atoms with Gasteiger partial charge in [-0.25, -0.2) is 9.48 Å². The molecule has 1 heterocycles. The Bertz CT molecular complexity index is 434. The predicted molar refractivity (Wildman–Crippen MR) is 64.1 cm³/mol. The number of carboxylic acid groups (broad SMARTS) is 1. The van der Waals surface area contributed by atoms with Gasteiger partial charge in [0.25, 0.3) is 0 Å². The molecule has 0 aliphatic carbocycles. The summed E-state index contributed by atoms with van der Waals surface area (Å²) in [6, 6.07) is 0. The molecule has 0 unspecified atom stereocenters. The van der Waals surface area contributed by atoms with Crippen molar-refractivity contribution in [2.24, 2.45) is 5.41 Å². The SMILES string of the molecule is CC(C)(C)CCNC(=O)Cn1cc(C(=O)O)nn1. The summed E-state index contributed by atoms with van der Waals surface area (Å²) in [5, 5.41) is 18.4. The normalized spacial score (nSPS) is 11.3. The Hall–Kier alpha value is -1.92. The van der Waals surface area contributed by atoms with Gasteiger partial charge in [0, 0.05) is 6.54 Å². The van der Waals surface area contributed by atoms with Gasteiger partial charge in [0.05, 0.1) is 6.20 Å². The maximum Gasteiger partial charge on any atom is 0.358 e. The van der Waals surface area contributed by atoms with Crippen LogP contribution in [0.25, 0.3) is 0 Å². The van der Waals surface area contributed by atoms with Crippen molar-refractivity contribution >= 4 is 11.9 Å². The van der Waals surface area contributed by atoms with Crippen molar-refractivity contribution < 1.29 is 14.7 Å². The third-order valence-electron chi connectivity index (χ3n) is 2.26. The van der Waals surface area contributed by atoms with Crippen molar-refractivity contribution in [2.75, 3.05) is 6.54 Å². The average Bonchev–Trinajstić information content (AvgIpc) is 2.64. The molecule has 0 fully saturated rings. The fraction of sp³-hybridized carbons (Fsp3) is 0.636. The molecule has 18 heavy (non-hydrogen) atoms. The van der Waals surface area contributed by atoms with Gasteiger partial charge < -0.3 is 10.4 Å². The van der Waals surface area contributed by atoms with Crippen molar-refractivity contribution in [1.29, 1.82) is 0 Å². The number of carbonyl (C=O) groups excluding carboxylic acids is 1. The van der Waals surface area contributed by atoms with E-state index in [4.69, 9.17) is 5.11 Å². The standard InChI is InChI=1S/C11H18N4O3/c1-11(2,3)4-5-12-9(16)7-15-6-8(10(17)18)13-14-15/h6H,4-5,7H2,1-3H3,(H,12,16)(H,17,18). The summed E-state index contributed by atoms with van der Waals surface area (Å²) < 4.78 is 1.20. The van der Waals surface area contributed by atoms with E-state index < -0.39 is 5.97 Å². The van der Waals surface area contributed by atoms with Crippen LogP contribution in [0.3, 0.4) is 0 Å². The number of carboxylic acids is 1. The van der Waals surface area contributed by atoms with Crippen LogP contribution >= 0.6 is 0 Å². The molecule has 0 aromatic carbocycles. The lowest BCUT2D eigenvalue weighted by Crippen LogP contribution is -2.30. The van der Waals surface area contributed by atoms with Crippen LogP contribution in [0.4, 0.5) is 0 Å². The summed E-state index contributed by atoms with van der Waals surface area (Å²) in [6.07, 6.45) is 2.10.